The van der Waals surface area contributed by atoms with Crippen LogP contribution in [0.3, 0.4) is 0 Å². The maximum atomic E-state index is 13.0. The van der Waals surface area contributed by atoms with E-state index in [2.05, 4.69) is 20.6 Å². The Hall–Kier alpha value is -4.29. The van der Waals surface area contributed by atoms with Crippen LogP contribution in [0.15, 0.2) is 23.0 Å². The van der Waals surface area contributed by atoms with Crippen LogP contribution in [-0.2, 0) is 14.4 Å². The first-order chi connectivity index (χ1) is 16.1. The van der Waals surface area contributed by atoms with E-state index in [-0.39, 0.29) is 41.3 Å². The zero-order chi connectivity index (χ0) is 24.6. The van der Waals surface area contributed by atoms with Crippen LogP contribution in [0.2, 0.25) is 0 Å². The molecular formula is C21H23N7O6. The normalized spacial score (nSPS) is 18.1. The van der Waals surface area contributed by atoms with Gasteiger partial charge in [0.25, 0.3) is 11.2 Å². The van der Waals surface area contributed by atoms with Gasteiger partial charge in [-0.1, -0.05) is 0 Å². The van der Waals surface area contributed by atoms with Gasteiger partial charge in [-0.2, -0.15) is 4.98 Å². The summed E-state index contributed by atoms with van der Waals surface area (Å²) < 4.78 is 0. The first-order valence-corrected chi connectivity index (χ1v) is 10.7. The maximum Gasteiger partial charge on any atom is 0.269 e. The highest BCUT2D eigenvalue weighted by molar-refractivity contribution is 6.04. The molecule has 2 aromatic rings. The number of fused-ring (bicyclic) bond motifs is 1. The molecule has 3 heterocycles. The van der Waals surface area contributed by atoms with Gasteiger partial charge in [0.2, 0.25) is 23.7 Å². The third-order valence-corrected chi connectivity index (χ3v) is 6.13. The van der Waals surface area contributed by atoms with Crippen LogP contribution >= 0.6 is 0 Å². The van der Waals surface area contributed by atoms with Crippen molar-refractivity contribution in [1.29, 1.82) is 0 Å². The van der Waals surface area contributed by atoms with Gasteiger partial charge in [-0.05, 0) is 31.4 Å². The number of aromatic nitrogens is 2. The lowest BCUT2D eigenvalue weighted by atomic mass is 9.92. The summed E-state index contributed by atoms with van der Waals surface area (Å²) >= 11 is 0. The molecule has 4 rings (SSSR count). The van der Waals surface area contributed by atoms with Gasteiger partial charge in [0, 0.05) is 43.2 Å². The van der Waals surface area contributed by atoms with Crippen LogP contribution in [0.1, 0.15) is 36.3 Å². The SMILES string of the molecule is Cc1cc([N+](=O)[O-])ccc1NC(=O)[C@@H]1CC(=O)Nc2nc(N3CCC(C(N)=O)CC3)[nH]c(=O)c21. The van der Waals surface area contributed by atoms with Crippen LogP contribution < -0.4 is 26.8 Å². The molecule has 1 aromatic heterocycles. The number of piperidine rings is 1. The Morgan fingerprint density at radius 2 is 1.97 bits per heavy atom. The predicted molar refractivity (Wildman–Crippen MR) is 121 cm³/mol. The van der Waals surface area contributed by atoms with Gasteiger partial charge in [0.05, 0.1) is 16.4 Å². The highest BCUT2D eigenvalue weighted by atomic mass is 16.6. The highest BCUT2D eigenvalue weighted by Gasteiger charge is 2.36. The van der Waals surface area contributed by atoms with Crippen LogP contribution in [0, 0.1) is 23.0 Å². The molecule has 0 radical (unpaired) electrons. The van der Waals surface area contributed by atoms with E-state index in [1.54, 1.807) is 11.8 Å². The number of aryl methyl sites for hydroxylation is 1. The Kier molecular flexibility index (Phi) is 6.01. The van der Waals surface area contributed by atoms with Crippen molar-refractivity contribution in [3.05, 3.63) is 49.8 Å². The summed E-state index contributed by atoms with van der Waals surface area (Å²) in [6, 6.07) is 3.97. The number of aromatic amines is 1. The molecule has 13 heteroatoms. The quantitative estimate of drug-likeness (QED) is 0.364. The number of carbonyl (C=O) groups excluding carboxylic acids is 3. The van der Waals surface area contributed by atoms with Crippen molar-refractivity contribution in [2.45, 2.75) is 32.1 Å². The number of rotatable bonds is 5. The Labute approximate surface area is 192 Å². The van der Waals surface area contributed by atoms with Gasteiger partial charge in [-0.15, -0.1) is 0 Å². The second-order valence-corrected chi connectivity index (χ2v) is 8.37. The lowest BCUT2D eigenvalue weighted by Gasteiger charge is -2.32. The zero-order valence-electron chi connectivity index (χ0n) is 18.3. The molecule has 0 bridgehead atoms. The minimum atomic E-state index is -1.09. The Morgan fingerprint density at radius 3 is 2.59 bits per heavy atom. The van der Waals surface area contributed by atoms with E-state index in [0.717, 1.165) is 0 Å². The third kappa shape index (κ3) is 4.44. The Balaban J connectivity index is 1.58. The minimum Gasteiger partial charge on any atom is -0.369 e. The van der Waals surface area contributed by atoms with E-state index in [0.29, 0.717) is 37.2 Å². The number of hydrogen-bond donors (Lipinski definition) is 4. The number of benzene rings is 1. The molecule has 13 nitrogen and oxygen atoms in total. The number of nitro groups is 1. The average molecular weight is 469 g/mol. The molecule has 0 unspecified atom stereocenters. The first kappa shape index (κ1) is 22.9. The second-order valence-electron chi connectivity index (χ2n) is 8.37. The number of carbonyl (C=O) groups is 3. The van der Waals surface area contributed by atoms with E-state index < -0.39 is 28.2 Å². The molecule has 0 saturated carbocycles. The van der Waals surface area contributed by atoms with E-state index in [1.165, 1.54) is 18.2 Å². The lowest BCUT2D eigenvalue weighted by Crippen LogP contribution is -2.41. The number of nitro benzene ring substituents is 1. The van der Waals surface area contributed by atoms with E-state index in [9.17, 15) is 29.3 Å². The fourth-order valence-corrected chi connectivity index (χ4v) is 4.23. The monoisotopic (exact) mass is 469 g/mol. The summed E-state index contributed by atoms with van der Waals surface area (Å²) in [5, 5.41) is 16.2. The van der Waals surface area contributed by atoms with Crippen LogP contribution in [-0.4, -0.2) is 45.7 Å². The van der Waals surface area contributed by atoms with Gasteiger partial charge in [0.1, 0.15) is 5.82 Å². The molecule has 3 amide bonds. The highest BCUT2D eigenvalue weighted by Crippen LogP contribution is 2.31. The van der Waals surface area contributed by atoms with Gasteiger partial charge < -0.3 is 21.3 Å². The number of non-ortho nitro benzene ring substituents is 1. The standard InChI is InChI=1S/C21H23N7O6/c1-10-8-12(28(33)34)2-3-14(10)23-19(31)13-9-15(29)24-18-16(13)20(32)26-21(25-18)27-6-4-11(5-7-27)17(22)30/h2-3,8,11,13H,4-7,9H2,1H3,(H2,22,30)(H,23,31)(H2,24,25,26,29,32)/t13-/m1/s1. The molecule has 1 atom stereocenters. The summed E-state index contributed by atoms with van der Waals surface area (Å²) in [5.41, 5.74) is 5.52. The largest absolute Gasteiger partial charge is 0.369 e. The van der Waals surface area contributed by atoms with E-state index >= 15 is 0 Å². The molecule has 0 aliphatic carbocycles. The number of nitrogens with one attached hydrogen (secondary N) is 3. The van der Waals surface area contributed by atoms with Crippen LogP contribution in [0.25, 0.3) is 0 Å². The minimum absolute atomic E-state index is 0.00703. The Bertz CT molecular complexity index is 1250. The molecule has 0 spiro atoms. The predicted octanol–water partition coefficient (Wildman–Crippen LogP) is 0.753. The molecule has 1 saturated heterocycles. The number of H-pyrrole nitrogens is 1. The maximum absolute atomic E-state index is 13.0. The molecule has 178 valence electrons. The van der Waals surface area contributed by atoms with E-state index in [1.807, 2.05) is 0 Å². The summed E-state index contributed by atoms with van der Waals surface area (Å²) in [5.74, 6) is -2.52. The molecule has 34 heavy (non-hydrogen) atoms. The van der Waals surface area contributed by atoms with Gasteiger partial charge in [0.15, 0.2) is 0 Å². The number of nitrogens with zero attached hydrogens (tertiary/aromatic N) is 3. The third-order valence-electron chi connectivity index (χ3n) is 6.13. The fourth-order valence-electron chi connectivity index (χ4n) is 4.23. The second kappa shape index (κ2) is 8.92. The number of primary amides is 1. The number of hydrogen-bond acceptors (Lipinski definition) is 8. The summed E-state index contributed by atoms with van der Waals surface area (Å²) in [7, 11) is 0. The summed E-state index contributed by atoms with van der Waals surface area (Å²) in [4.78, 5) is 68.9. The van der Waals surface area contributed by atoms with Gasteiger partial charge in [-0.3, -0.25) is 34.3 Å². The lowest BCUT2D eigenvalue weighted by molar-refractivity contribution is -0.384. The van der Waals surface area contributed by atoms with Crippen molar-refractivity contribution in [2.24, 2.45) is 11.7 Å². The van der Waals surface area contributed by atoms with E-state index in [4.69, 9.17) is 5.73 Å². The van der Waals surface area contributed by atoms with Crippen LogP contribution in [0.5, 0.6) is 0 Å². The molecule has 1 aromatic carbocycles. The van der Waals surface area contributed by atoms with Crippen molar-refractivity contribution < 1.29 is 19.3 Å². The molecule has 2 aliphatic rings. The van der Waals surface area contributed by atoms with Gasteiger partial charge >= 0.3 is 0 Å². The Morgan fingerprint density at radius 1 is 1.26 bits per heavy atom. The summed E-state index contributed by atoms with van der Waals surface area (Å²) in [6.07, 6.45) is 0.781. The number of anilines is 3. The van der Waals surface area contributed by atoms with Crippen molar-refractivity contribution in [2.75, 3.05) is 28.6 Å². The van der Waals surface area contributed by atoms with Crippen molar-refractivity contribution >= 4 is 40.9 Å². The number of amides is 3. The van der Waals surface area contributed by atoms with Crippen LogP contribution in [0.4, 0.5) is 23.1 Å². The molecule has 5 N–H and O–H groups in total. The van der Waals surface area contributed by atoms with Gasteiger partial charge in [-0.25, -0.2) is 0 Å². The topological polar surface area (TPSA) is 193 Å². The summed E-state index contributed by atoms with van der Waals surface area (Å²) in [6.45, 7) is 2.51. The van der Waals surface area contributed by atoms with Crippen molar-refractivity contribution in [3.63, 3.8) is 0 Å². The zero-order valence-corrected chi connectivity index (χ0v) is 18.3. The van der Waals surface area contributed by atoms with Crippen molar-refractivity contribution in [3.8, 4) is 0 Å². The number of nitrogens with two attached hydrogens (primary N) is 1. The average Bonchev–Trinajstić information content (AvgIpc) is 2.79. The first-order valence-electron chi connectivity index (χ1n) is 10.7. The molecule has 1 fully saturated rings. The fraction of sp³-hybridized carbons (Fsp3) is 0.381. The molecule has 2 aliphatic heterocycles. The molecular weight excluding hydrogens is 446 g/mol. The van der Waals surface area contributed by atoms with Crippen molar-refractivity contribution in [1.82, 2.24) is 9.97 Å². The smallest absolute Gasteiger partial charge is 0.269 e.